The van der Waals surface area contributed by atoms with Gasteiger partial charge in [0.05, 0.1) is 5.39 Å². The second-order valence-electron chi connectivity index (χ2n) is 7.09. The van der Waals surface area contributed by atoms with Crippen LogP contribution < -0.4 is 11.1 Å². The molecule has 3 aromatic rings. The number of carbonyl (C=O) groups excluding carboxylic acids is 1. The Morgan fingerprint density at radius 2 is 1.84 bits per heavy atom. The molecule has 9 nitrogen and oxygen atoms in total. The van der Waals surface area contributed by atoms with E-state index in [2.05, 4.69) is 15.3 Å². The highest BCUT2D eigenvalue weighted by molar-refractivity contribution is 7.17. The molecule has 162 valence electrons. The summed E-state index contributed by atoms with van der Waals surface area (Å²) >= 11 is 1.53. The molecule has 0 unspecified atom stereocenters. The highest BCUT2D eigenvalue weighted by Crippen LogP contribution is 2.29. The third kappa shape index (κ3) is 5.54. The second kappa shape index (κ2) is 9.52. The van der Waals surface area contributed by atoms with Crippen LogP contribution in [0.3, 0.4) is 0 Å². The van der Waals surface area contributed by atoms with E-state index < -0.39 is 23.9 Å². The maximum absolute atomic E-state index is 12.3. The zero-order chi connectivity index (χ0) is 22.5. The van der Waals surface area contributed by atoms with Crippen LogP contribution in [0, 0.1) is 6.92 Å². The lowest BCUT2D eigenvalue weighted by Gasteiger charge is -2.13. The van der Waals surface area contributed by atoms with Gasteiger partial charge in [0.15, 0.2) is 0 Å². The van der Waals surface area contributed by atoms with Crippen LogP contribution in [0.5, 0.6) is 0 Å². The molecule has 1 atom stereocenters. The van der Waals surface area contributed by atoms with Gasteiger partial charge in [0.2, 0.25) is 0 Å². The molecule has 0 aliphatic heterocycles. The number of aliphatic carboxylic acids is 2. The van der Waals surface area contributed by atoms with Crippen molar-refractivity contribution in [3.63, 3.8) is 0 Å². The van der Waals surface area contributed by atoms with Crippen molar-refractivity contribution < 1.29 is 24.6 Å². The number of nitrogens with one attached hydrogen (secondary N) is 1. The number of rotatable bonds is 9. The summed E-state index contributed by atoms with van der Waals surface area (Å²) in [4.78, 5) is 43.7. The molecule has 0 aliphatic rings. The summed E-state index contributed by atoms with van der Waals surface area (Å²) in [7, 11) is 0. The van der Waals surface area contributed by atoms with Gasteiger partial charge in [-0.3, -0.25) is 9.59 Å². The maximum Gasteiger partial charge on any atom is 0.326 e. The average Bonchev–Trinajstić information content (AvgIpc) is 3.12. The van der Waals surface area contributed by atoms with E-state index in [1.54, 1.807) is 31.2 Å². The number of nitrogens with two attached hydrogens (primary N) is 1. The van der Waals surface area contributed by atoms with E-state index in [9.17, 15) is 19.5 Å². The molecule has 31 heavy (non-hydrogen) atoms. The Hall–Kier alpha value is -3.53. The molecule has 0 fully saturated rings. The van der Waals surface area contributed by atoms with Gasteiger partial charge in [-0.15, -0.1) is 11.3 Å². The lowest BCUT2D eigenvalue weighted by Crippen LogP contribution is -2.41. The van der Waals surface area contributed by atoms with Gasteiger partial charge in [-0.25, -0.2) is 14.8 Å². The Morgan fingerprint density at radius 3 is 2.48 bits per heavy atom. The first-order chi connectivity index (χ1) is 14.7. The van der Waals surface area contributed by atoms with Crippen LogP contribution in [0.25, 0.3) is 10.2 Å². The normalized spacial score (nSPS) is 11.9. The number of carboxylic acids is 2. The number of aromatic nitrogens is 2. The van der Waals surface area contributed by atoms with Crippen LogP contribution in [0.4, 0.5) is 5.82 Å². The van der Waals surface area contributed by atoms with Crippen molar-refractivity contribution in [1.82, 2.24) is 15.3 Å². The Kier molecular flexibility index (Phi) is 6.81. The van der Waals surface area contributed by atoms with Gasteiger partial charge in [-0.05, 0) is 54.8 Å². The first kappa shape index (κ1) is 22.2. The molecule has 3 rings (SSSR count). The first-order valence-electron chi connectivity index (χ1n) is 9.59. The molecule has 0 radical (unpaired) electrons. The first-order valence-corrected chi connectivity index (χ1v) is 10.5. The van der Waals surface area contributed by atoms with E-state index in [1.165, 1.54) is 11.3 Å². The number of nitrogens with zero attached hydrogens (tertiary/aromatic N) is 2. The van der Waals surface area contributed by atoms with Crippen molar-refractivity contribution in [1.29, 1.82) is 0 Å². The number of fused-ring (bicyclic) bond motifs is 1. The van der Waals surface area contributed by atoms with Gasteiger partial charge < -0.3 is 21.3 Å². The topological polar surface area (TPSA) is 156 Å². The minimum atomic E-state index is -1.27. The van der Waals surface area contributed by atoms with E-state index in [-0.39, 0.29) is 12.8 Å². The minimum Gasteiger partial charge on any atom is -0.481 e. The molecule has 0 saturated carbocycles. The van der Waals surface area contributed by atoms with Crippen molar-refractivity contribution in [3.05, 3.63) is 52.2 Å². The molecule has 2 aromatic heterocycles. The highest BCUT2D eigenvalue weighted by atomic mass is 32.1. The lowest BCUT2D eigenvalue weighted by molar-refractivity contribution is -0.140. The zero-order valence-corrected chi connectivity index (χ0v) is 17.6. The minimum absolute atomic E-state index is 0.185. The molecular formula is C21H22N4O5S. The number of carboxylic acid groups (broad SMARTS) is 2. The highest BCUT2D eigenvalue weighted by Gasteiger charge is 2.21. The second-order valence-corrected chi connectivity index (χ2v) is 7.95. The van der Waals surface area contributed by atoms with Crippen molar-refractivity contribution >= 4 is 45.2 Å². The van der Waals surface area contributed by atoms with Gasteiger partial charge in [0.1, 0.15) is 22.5 Å². The number of aryl methyl sites for hydroxylation is 3. The van der Waals surface area contributed by atoms with Crippen molar-refractivity contribution in [2.75, 3.05) is 5.73 Å². The largest absolute Gasteiger partial charge is 0.481 e. The molecule has 0 bridgehead atoms. The summed E-state index contributed by atoms with van der Waals surface area (Å²) in [6.45, 7) is 1.80. The number of hydrogen-bond donors (Lipinski definition) is 4. The van der Waals surface area contributed by atoms with Crippen molar-refractivity contribution in [3.8, 4) is 0 Å². The SMILES string of the molecule is Cc1nc(N)c2c(CCc3ccc(C(=O)N[C@@H](CCC(=O)O)C(=O)O)cc3)csc2n1. The van der Waals surface area contributed by atoms with E-state index in [1.807, 2.05) is 5.38 Å². The standard InChI is InChI=1S/C21H22N4O5S/c1-11-23-18(22)17-14(10-31-20(17)24-11)7-4-12-2-5-13(6-3-12)19(28)25-15(21(29)30)8-9-16(26)27/h2-3,5-6,10,15H,4,7-9H2,1H3,(H,25,28)(H,26,27)(H,29,30)(H2,22,23,24)/t15-/m0/s1. The fourth-order valence-corrected chi connectivity index (χ4v) is 4.22. The average molecular weight is 442 g/mol. The van der Waals surface area contributed by atoms with E-state index in [4.69, 9.17) is 10.8 Å². The van der Waals surface area contributed by atoms with E-state index >= 15 is 0 Å². The Bertz CT molecular complexity index is 1130. The summed E-state index contributed by atoms with van der Waals surface area (Å²) in [6.07, 6.45) is 0.924. The molecule has 1 aromatic carbocycles. The van der Waals surface area contributed by atoms with Gasteiger partial charge in [0.25, 0.3) is 5.91 Å². The van der Waals surface area contributed by atoms with Crippen LogP contribution in [0.2, 0.25) is 0 Å². The molecule has 5 N–H and O–H groups in total. The maximum atomic E-state index is 12.3. The van der Waals surface area contributed by atoms with E-state index in [0.29, 0.717) is 17.2 Å². The summed E-state index contributed by atoms with van der Waals surface area (Å²) in [5, 5.41) is 23.2. The number of anilines is 1. The Labute approximate surface area is 181 Å². The quantitative estimate of drug-likeness (QED) is 0.394. The summed E-state index contributed by atoms with van der Waals surface area (Å²) in [5.41, 5.74) is 8.44. The number of thiophene rings is 1. The van der Waals surface area contributed by atoms with Crippen molar-refractivity contribution in [2.45, 2.75) is 38.6 Å². The molecule has 0 saturated heterocycles. The predicted molar refractivity (Wildman–Crippen MR) is 116 cm³/mol. The molecule has 2 heterocycles. The van der Waals surface area contributed by atoms with Crippen LogP contribution in [0.1, 0.15) is 40.2 Å². The lowest BCUT2D eigenvalue weighted by atomic mass is 10.0. The summed E-state index contributed by atoms with van der Waals surface area (Å²) < 4.78 is 0. The number of benzene rings is 1. The van der Waals surface area contributed by atoms with Crippen LogP contribution in [-0.4, -0.2) is 44.1 Å². The van der Waals surface area contributed by atoms with Crippen LogP contribution in [0.15, 0.2) is 29.6 Å². The molecule has 1 amide bonds. The predicted octanol–water partition coefficient (Wildman–Crippen LogP) is 2.41. The van der Waals surface area contributed by atoms with Crippen LogP contribution in [-0.2, 0) is 22.4 Å². The number of amides is 1. The number of hydrogen-bond acceptors (Lipinski definition) is 7. The van der Waals surface area contributed by atoms with Gasteiger partial charge in [-0.2, -0.15) is 0 Å². The molecule has 0 spiro atoms. The van der Waals surface area contributed by atoms with E-state index in [0.717, 1.165) is 34.2 Å². The summed E-state index contributed by atoms with van der Waals surface area (Å²) in [5.74, 6) is -1.84. The number of nitrogen functional groups attached to an aromatic ring is 1. The van der Waals surface area contributed by atoms with Gasteiger partial charge in [0, 0.05) is 12.0 Å². The smallest absolute Gasteiger partial charge is 0.326 e. The third-order valence-electron chi connectivity index (χ3n) is 4.80. The third-order valence-corrected chi connectivity index (χ3v) is 5.72. The van der Waals surface area contributed by atoms with Gasteiger partial charge >= 0.3 is 11.9 Å². The molecular weight excluding hydrogens is 420 g/mol. The fourth-order valence-electron chi connectivity index (χ4n) is 3.19. The monoisotopic (exact) mass is 442 g/mol. The zero-order valence-electron chi connectivity index (χ0n) is 16.8. The Balaban J connectivity index is 1.63. The molecule has 10 heteroatoms. The van der Waals surface area contributed by atoms with Crippen LogP contribution >= 0.6 is 11.3 Å². The molecule has 0 aliphatic carbocycles. The van der Waals surface area contributed by atoms with Crippen molar-refractivity contribution in [2.24, 2.45) is 0 Å². The Morgan fingerprint density at radius 1 is 1.13 bits per heavy atom. The summed E-state index contributed by atoms with van der Waals surface area (Å²) in [6, 6.07) is 5.59. The number of carbonyl (C=O) groups is 3. The fraction of sp³-hybridized carbons (Fsp3) is 0.286. The van der Waals surface area contributed by atoms with Gasteiger partial charge in [-0.1, -0.05) is 12.1 Å².